The van der Waals surface area contributed by atoms with Crippen LogP contribution in [0.2, 0.25) is 0 Å². The maximum absolute atomic E-state index is 5.60. The number of hydrazine groups is 2. The molecule has 4 rings (SSSR count). The number of ether oxygens (including phenoxy) is 2. The second-order valence-corrected chi connectivity index (χ2v) is 6.90. The molecule has 1 unspecified atom stereocenters. The van der Waals surface area contributed by atoms with Gasteiger partial charge in [0.2, 0.25) is 0 Å². The van der Waals surface area contributed by atoms with E-state index in [-0.39, 0.29) is 6.04 Å². The minimum atomic E-state index is -0.0578. The Balaban J connectivity index is 1.70. The Hall–Kier alpha value is -2.20. The van der Waals surface area contributed by atoms with Crippen LogP contribution in [0.3, 0.4) is 0 Å². The molecule has 0 aliphatic carbocycles. The van der Waals surface area contributed by atoms with Crippen molar-refractivity contribution >= 4 is 0 Å². The normalized spacial score (nSPS) is 19.8. The van der Waals surface area contributed by atoms with Gasteiger partial charge in [-0.2, -0.15) is 5.12 Å². The molecule has 5 heteroatoms. The monoisotopic (exact) mass is 377 g/mol. The molecule has 0 radical (unpaired) electrons. The highest BCUT2D eigenvalue weighted by atomic mass is 16.5. The number of hydrogen-bond donors (Lipinski definition) is 0. The van der Waals surface area contributed by atoms with Crippen molar-refractivity contribution in [3.8, 4) is 11.8 Å². The Bertz CT molecular complexity index is 758. The van der Waals surface area contributed by atoms with Crippen LogP contribution in [0.4, 0.5) is 0 Å². The molecule has 146 valence electrons. The van der Waals surface area contributed by atoms with Gasteiger partial charge in [0.25, 0.3) is 0 Å². The number of rotatable bonds is 4. The topological polar surface area (TPSA) is 28.2 Å². The quantitative estimate of drug-likeness (QED) is 0.764. The SMILES string of the molecule is C(#CC(c1ccccc1)N(N1CCOCC1)N1CCOCC1)c1ccccc1. The molecule has 1 atom stereocenters. The second kappa shape index (κ2) is 9.83. The standard InChI is InChI=1S/C23H27N3O2/c1-3-7-21(8-4-1)11-12-23(22-9-5-2-6-10-22)26(24-13-17-27-18-14-24)25-15-19-28-20-16-25/h1-10,23H,13-20H2. The zero-order valence-corrected chi connectivity index (χ0v) is 16.2. The van der Waals surface area contributed by atoms with E-state index in [1.165, 1.54) is 5.56 Å². The maximum atomic E-state index is 5.60. The van der Waals surface area contributed by atoms with E-state index in [1.807, 2.05) is 18.2 Å². The molecular weight excluding hydrogens is 350 g/mol. The molecular formula is C23H27N3O2. The first-order chi connectivity index (χ1) is 13.9. The van der Waals surface area contributed by atoms with Crippen molar-refractivity contribution in [1.82, 2.24) is 15.1 Å². The van der Waals surface area contributed by atoms with E-state index in [2.05, 4.69) is 69.4 Å². The first kappa shape index (κ1) is 19.1. The van der Waals surface area contributed by atoms with Gasteiger partial charge in [0, 0.05) is 31.7 Å². The lowest BCUT2D eigenvalue weighted by molar-refractivity contribution is -0.240. The van der Waals surface area contributed by atoms with E-state index in [9.17, 15) is 0 Å². The lowest BCUT2D eigenvalue weighted by Crippen LogP contribution is -2.60. The minimum absolute atomic E-state index is 0.0578. The largest absolute Gasteiger partial charge is 0.379 e. The molecule has 0 aromatic heterocycles. The molecule has 0 spiro atoms. The van der Waals surface area contributed by atoms with Crippen molar-refractivity contribution in [3.05, 3.63) is 71.8 Å². The van der Waals surface area contributed by atoms with Gasteiger partial charge >= 0.3 is 0 Å². The summed E-state index contributed by atoms with van der Waals surface area (Å²) in [5.41, 5.74) is 2.23. The highest BCUT2D eigenvalue weighted by Crippen LogP contribution is 2.26. The Morgan fingerprint density at radius 3 is 1.75 bits per heavy atom. The van der Waals surface area contributed by atoms with E-state index in [1.54, 1.807) is 0 Å². The van der Waals surface area contributed by atoms with E-state index in [0.29, 0.717) is 0 Å². The fourth-order valence-corrected chi connectivity index (χ4v) is 3.61. The van der Waals surface area contributed by atoms with Crippen LogP contribution in [0.5, 0.6) is 0 Å². The summed E-state index contributed by atoms with van der Waals surface area (Å²) in [7, 11) is 0. The van der Waals surface area contributed by atoms with Crippen LogP contribution in [0, 0.1) is 11.8 Å². The predicted molar refractivity (Wildman–Crippen MR) is 109 cm³/mol. The predicted octanol–water partition coefficient (Wildman–Crippen LogP) is 2.58. The molecule has 5 nitrogen and oxygen atoms in total. The zero-order chi connectivity index (χ0) is 19.0. The molecule has 2 aliphatic rings. The van der Waals surface area contributed by atoms with E-state index >= 15 is 0 Å². The smallest absolute Gasteiger partial charge is 0.126 e. The van der Waals surface area contributed by atoms with Crippen molar-refractivity contribution < 1.29 is 9.47 Å². The molecule has 2 aromatic carbocycles. The number of nitrogens with zero attached hydrogens (tertiary/aromatic N) is 3. The fraction of sp³-hybridized carbons (Fsp3) is 0.391. The Labute approximate surface area is 167 Å². The zero-order valence-electron chi connectivity index (χ0n) is 16.2. The summed E-state index contributed by atoms with van der Waals surface area (Å²) in [6, 6.07) is 20.7. The van der Waals surface area contributed by atoms with Gasteiger partial charge in [0.15, 0.2) is 0 Å². The highest BCUT2D eigenvalue weighted by Gasteiger charge is 2.32. The molecule has 0 bridgehead atoms. The summed E-state index contributed by atoms with van der Waals surface area (Å²) in [4.78, 5) is 0. The number of morpholine rings is 2. The van der Waals surface area contributed by atoms with Gasteiger partial charge in [-0.3, -0.25) is 0 Å². The molecule has 2 fully saturated rings. The van der Waals surface area contributed by atoms with Crippen LogP contribution in [-0.4, -0.2) is 67.7 Å². The minimum Gasteiger partial charge on any atom is -0.379 e. The van der Waals surface area contributed by atoms with Crippen molar-refractivity contribution in [2.45, 2.75) is 6.04 Å². The third kappa shape index (κ3) is 4.79. The van der Waals surface area contributed by atoms with Gasteiger partial charge < -0.3 is 9.47 Å². The van der Waals surface area contributed by atoms with E-state index in [0.717, 1.165) is 58.2 Å². The van der Waals surface area contributed by atoms with E-state index in [4.69, 9.17) is 9.47 Å². The lowest BCUT2D eigenvalue weighted by Gasteiger charge is -2.47. The third-order valence-corrected chi connectivity index (χ3v) is 5.03. The Morgan fingerprint density at radius 1 is 0.714 bits per heavy atom. The average Bonchev–Trinajstić information content (AvgIpc) is 2.79. The number of benzene rings is 2. The van der Waals surface area contributed by atoms with Crippen molar-refractivity contribution in [3.63, 3.8) is 0 Å². The van der Waals surface area contributed by atoms with Crippen molar-refractivity contribution in [2.24, 2.45) is 0 Å². The molecule has 2 aromatic rings. The summed E-state index contributed by atoms with van der Waals surface area (Å²) in [6.07, 6.45) is 0. The summed E-state index contributed by atoms with van der Waals surface area (Å²) in [5, 5.41) is 7.12. The molecule has 28 heavy (non-hydrogen) atoms. The van der Waals surface area contributed by atoms with Gasteiger partial charge in [-0.05, 0) is 17.7 Å². The van der Waals surface area contributed by atoms with Crippen LogP contribution >= 0.6 is 0 Å². The van der Waals surface area contributed by atoms with Crippen LogP contribution < -0.4 is 0 Å². The molecule has 0 amide bonds. The third-order valence-electron chi connectivity index (χ3n) is 5.03. The van der Waals surface area contributed by atoms with Crippen LogP contribution in [0.1, 0.15) is 17.2 Å². The summed E-state index contributed by atoms with van der Waals surface area (Å²) < 4.78 is 11.2. The van der Waals surface area contributed by atoms with Gasteiger partial charge in [0.05, 0.1) is 26.4 Å². The molecule has 0 saturated carbocycles. The molecule has 0 N–H and O–H groups in total. The summed E-state index contributed by atoms with van der Waals surface area (Å²) in [6.45, 7) is 6.45. The van der Waals surface area contributed by atoms with Crippen LogP contribution in [0.15, 0.2) is 60.7 Å². The van der Waals surface area contributed by atoms with Gasteiger partial charge in [-0.1, -0.05) is 60.4 Å². The lowest BCUT2D eigenvalue weighted by atomic mass is 10.1. The summed E-state index contributed by atoms with van der Waals surface area (Å²) >= 11 is 0. The van der Waals surface area contributed by atoms with Crippen molar-refractivity contribution in [1.29, 1.82) is 0 Å². The van der Waals surface area contributed by atoms with Crippen LogP contribution in [0.25, 0.3) is 0 Å². The summed E-state index contributed by atoms with van der Waals surface area (Å²) in [5.74, 6) is 6.95. The number of hydrogen-bond acceptors (Lipinski definition) is 5. The molecule has 2 saturated heterocycles. The van der Waals surface area contributed by atoms with Crippen molar-refractivity contribution in [2.75, 3.05) is 52.6 Å². The van der Waals surface area contributed by atoms with Gasteiger partial charge in [0.1, 0.15) is 6.04 Å². The Morgan fingerprint density at radius 2 is 1.21 bits per heavy atom. The first-order valence-corrected chi connectivity index (χ1v) is 9.98. The van der Waals surface area contributed by atoms with Crippen LogP contribution in [-0.2, 0) is 9.47 Å². The maximum Gasteiger partial charge on any atom is 0.126 e. The molecule has 2 heterocycles. The fourth-order valence-electron chi connectivity index (χ4n) is 3.61. The second-order valence-electron chi connectivity index (χ2n) is 6.90. The average molecular weight is 377 g/mol. The molecule has 2 aliphatic heterocycles. The van der Waals surface area contributed by atoms with Gasteiger partial charge in [-0.25, -0.2) is 10.0 Å². The van der Waals surface area contributed by atoms with Gasteiger partial charge in [-0.15, -0.1) is 0 Å². The van der Waals surface area contributed by atoms with E-state index < -0.39 is 0 Å². The Kier molecular flexibility index (Phi) is 6.72. The first-order valence-electron chi connectivity index (χ1n) is 9.98. The highest BCUT2D eigenvalue weighted by molar-refractivity contribution is 5.37.